The maximum Gasteiger partial charge on any atom is 0.186 e. The van der Waals surface area contributed by atoms with Crippen molar-refractivity contribution in [2.45, 2.75) is 0 Å². The molecule has 0 radical (unpaired) electrons. The molecule has 0 spiro atoms. The molecule has 0 N–H and O–H groups in total. The van der Waals surface area contributed by atoms with Crippen molar-refractivity contribution in [1.82, 2.24) is 9.55 Å². The smallest absolute Gasteiger partial charge is 0.186 e. The lowest BCUT2D eigenvalue weighted by atomic mass is 10.2. The minimum absolute atomic E-state index is 0.726. The molecular weight excluding hydrogens is 180 g/mol. The van der Waals surface area contributed by atoms with E-state index in [0.29, 0.717) is 0 Å². The van der Waals surface area contributed by atoms with Gasteiger partial charge < -0.3 is 14.0 Å². The molecule has 0 fully saturated rings. The van der Waals surface area contributed by atoms with Crippen molar-refractivity contribution in [2.75, 3.05) is 14.2 Å². The SMILES string of the molecule is COc1ccc2ncn(C)c2c1OC. The second-order valence-corrected chi connectivity index (χ2v) is 3.02. The Morgan fingerprint density at radius 1 is 1.21 bits per heavy atom. The first kappa shape index (κ1) is 8.87. The Bertz CT molecular complexity index is 462. The molecule has 0 bridgehead atoms. The number of imidazole rings is 1. The standard InChI is InChI=1S/C10H12N2O2/c1-12-6-11-7-4-5-8(13-2)10(14-3)9(7)12/h4-6H,1-3H3. The fraction of sp³-hybridized carbons (Fsp3) is 0.300. The first-order chi connectivity index (χ1) is 6.77. The van der Waals surface area contributed by atoms with Crippen LogP contribution in [0.4, 0.5) is 0 Å². The van der Waals surface area contributed by atoms with Crippen molar-refractivity contribution in [2.24, 2.45) is 7.05 Å². The molecule has 1 aromatic carbocycles. The Labute approximate surface area is 82.1 Å². The lowest BCUT2D eigenvalue weighted by Crippen LogP contribution is -1.94. The fourth-order valence-corrected chi connectivity index (χ4v) is 1.55. The van der Waals surface area contributed by atoms with Crippen LogP contribution in [-0.2, 0) is 7.05 Å². The number of ether oxygens (including phenoxy) is 2. The van der Waals surface area contributed by atoms with Crippen LogP contribution in [0.5, 0.6) is 11.5 Å². The van der Waals surface area contributed by atoms with Crippen LogP contribution in [0.3, 0.4) is 0 Å². The first-order valence-electron chi connectivity index (χ1n) is 4.30. The molecule has 2 rings (SSSR count). The van der Waals surface area contributed by atoms with Gasteiger partial charge in [-0.3, -0.25) is 0 Å². The van der Waals surface area contributed by atoms with Gasteiger partial charge in [0.15, 0.2) is 11.5 Å². The summed E-state index contributed by atoms with van der Waals surface area (Å²) in [5.41, 5.74) is 1.86. The van der Waals surface area contributed by atoms with E-state index in [4.69, 9.17) is 9.47 Å². The molecule has 0 aliphatic heterocycles. The minimum atomic E-state index is 0.726. The molecule has 14 heavy (non-hydrogen) atoms. The molecule has 1 heterocycles. The third-order valence-corrected chi connectivity index (χ3v) is 2.22. The Morgan fingerprint density at radius 3 is 2.64 bits per heavy atom. The van der Waals surface area contributed by atoms with Gasteiger partial charge in [-0.1, -0.05) is 0 Å². The van der Waals surface area contributed by atoms with Crippen LogP contribution in [0.1, 0.15) is 0 Å². The van der Waals surface area contributed by atoms with Gasteiger partial charge in [0.25, 0.3) is 0 Å². The molecular formula is C10H12N2O2. The molecule has 4 nitrogen and oxygen atoms in total. The quantitative estimate of drug-likeness (QED) is 0.725. The highest BCUT2D eigenvalue weighted by Crippen LogP contribution is 2.34. The Morgan fingerprint density at radius 2 is 2.00 bits per heavy atom. The van der Waals surface area contributed by atoms with Crippen molar-refractivity contribution in [1.29, 1.82) is 0 Å². The first-order valence-corrected chi connectivity index (χ1v) is 4.30. The molecule has 0 aliphatic carbocycles. The van der Waals surface area contributed by atoms with Gasteiger partial charge >= 0.3 is 0 Å². The number of hydrogen-bond donors (Lipinski definition) is 0. The molecule has 0 amide bonds. The summed E-state index contributed by atoms with van der Waals surface area (Å²) in [4.78, 5) is 4.23. The molecule has 74 valence electrons. The minimum Gasteiger partial charge on any atom is -0.493 e. The van der Waals surface area contributed by atoms with Crippen molar-refractivity contribution in [3.8, 4) is 11.5 Å². The number of fused-ring (bicyclic) bond motifs is 1. The predicted molar refractivity (Wildman–Crippen MR) is 53.8 cm³/mol. The van der Waals surface area contributed by atoms with E-state index < -0.39 is 0 Å². The normalized spacial score (nSPS) is 10.5. The average molecular weight is 192 g/mol. The predicted octanol–water partition coefficient (Wildman–Crippen LogP) is 1.59. The topological polar surface area (TPSA) is 36.3 Å². The largest absolute Gasteiger partial charge is 0.493 e. The summed E-state index contributed by atoms with van der Waals surface area (Å²) in [6.07, 6.45) is 1.76. The highest BCUT2D eigenvalue weighted by molar-refractivity contribution is 5.85. The molecule has 0 unspecified atom stereocenters. The van der Waals surface area contributed by atoms with Crippen LogP contribution in [0, 0.1) is 0 Å². The molecule has 1 aromatic heterocycles. The highest BCUT2D eigenvalue weighted by Gasteiger charge is 2.11. The number of methoxy groups -OCH3 is 2. The molecule has 2 aromatic rings. The third-order valence-electron chi connectivity index (χ3n) is 2.22. The second kappa shape index (κ2) is 3.21. The van der Waals surface area contributed by atoms with Gasteiger partial charge in [-0.25, -0.2) is 4.98 Å². The molecule has 0 atom stereocenters. The maximum absolute atomic E-state index is 5.30. The van der Waals surface area contributed by atoms with Crippen molar-refractivity contribution < 1.29 is 9.47 Å². The van der Waals surface area contributed by atoms with Gasteiger partial charge in [0.1, 0.15) is 5.52 Å². The number of benzene rings is 1. The number of hydrogen-bond acceptors (Lipinski definition) is 3. The van der Waals surface area contributed by atoms with E-state index in [-0.39, 0.29) is 0 Å². The summed E-state index contributed by atoms with van der Waals surface area (Å²) < 4.78 is 12.4. The van der Waals surface area contributed by atoms with Crippen LogP contribution in [0.15, 0.2) is 18.5 Å². The Kier molecular flexibility index (Phi) is 2.04. The van der Waals surface area contributed by atoms with Gasteiger partial charge in [-0.2, -0.15) is 0 Å². The molecule has 0 aliphatic rings. The van der Waals surface area contributed by atoms with Crippen LogP contribution in [-0.4, -0.2) is 23.8 Å². The van der Waals surface area contributed by atoms with Gasteiger partial charge in [-0.05, 0) is 12.1 Å². The van der Waals surface area contributed by atoms with Gasteiger partial charge in [0, 0.05) is 7.05 Å². The van der Waals surface area contributed by atoms with Crippen LogP contribution in [0.25, 0.3) is 11.0 Å². The monoisotopic (exact) mass is 192 g/mol. The summed E-state index contributed by atoms with van der Waals surface area (Å²) in [7, 11) is 5.18. The summed E-state index contributed by atoms with van der Waals surface area (Å²) >= 11 is 0. The van der Waals surface area contributed by atoms with Crippen LogP contribution < -0.4 is 9.47 Å². The number of aromatic nitrogens is 2. The molecule has 4 heteroatoms. The van der Waals surface area contributed by atoms with Crippen LogP contribution >= 0.6 is 0 Å². The second-order valence-electron chi connectivity index (χ2n) is 3.02. The lowest BCUT2D eigenvalue weighted by Gasteiger charge is -2.08. The zero-order valence-corrected chi connectivity index (χ0v) is 8.44. The highest BCUT2D eigenvalue weighted by atomic mass is 16.5. The van der Waals surface area contributed by atoms with Crippen molar-refractivity contribution in [3.63, 3.8) is 0 Å². The molecule has 0 saturated heterocycles. The van der Waals surface area contributed by atoms with Gasteiger partial charge in [0.2, 0.25) is 0 Å². The average Bonchev–Trinajstić information content (AvgIpc) is 2.59. The lowest BCUT2D eigenvalue weighted by molar-refractivity contribution is 0.357. The summed E-state index contributed by atoms with van der Waals surface area (Å²) in [6, 6.07) is 3.77. The van der Waals surface area contributed by atoms with Crippen LogP contribution in [0.2, 0.25) is 0 Å². The summed E-state index contributed by atoms with van der Waals surface area (Å²) in [5, 5.41) is 0. The van der Waals surface area contributed by atoms with E-state index in [1.54, 1.807) is 20.5 Å². The van der Waals surface area contributed by atoms with Gasteiger partial charge in [-0.15, -0.1) is 0 Å². The number of rotatable bonds is 2. The summed E-state index contributed by atoms with van der Waals surface area (Å²) in [5.74, 6) is 1.45. The zero-order valence-electron chi connectivity index (χ0n) is 8.44. The van der Waals surface area contributed by atoms with E-state index in [2.05, 4.69) is 4.98 Å². The third kappa shape index (κ3) is 1.11. The molecule has 0 saturated carbocycles. The van der Waals surface area contributed by atoms with E-state index in [1.165, 1.54) is 0 Å². The van der Waals surface area contributed by atoms with E-state index in [1.807, 2.05) is 23.7 Å². The van der Waals surface area contributed by atoms with E-state index in [9.17, 15) is 0 Å². The fourth-order valence-electron chi connectivity index (χ4n) is 1.55. The summed E-state index contributed by atoms with van der Waals surface area (Å²) in [6.45, 7) is 0. The number of nitrogens with zero attached hydrogens (tertiary/aromatic N) is 2. The van der Waals surface area contributed by atoms with Gasteiger partial charge in [0.05, 0.1) is 26.1 Å². The van der Waals surface area contributed by atoms with Crippen molar-refractivity contribution >= 4 is 11.0 Å². The number of aryl methyl sites for hydroxylation is 1. The van der Waals surface area contributed by atoms with Crippen molar-refractivity contribution in [3.05, 3.63) is 18.5 Å². The van der Waals surface area contributed by atoms with E-state index in [0.717, 1.165) is 22.5 Å². The zero-order chi connectivity index (χ0) is 10.1. The van der Waals surface area contributed by atoms with E-state index >= 15 is 0 Å². The Balaban J connectivity index is 2.81. The Hall–Kier alpha value is -1.71. The maximum atomic E-state index is 5.30.